The highest BCUT2D eigenvalue weighted by Crippen LogP contribution is 2.44. The minimum absolute atomic E-state index is 0.0165. The predicted molar refractivity (Wildman–Crippen MR) is 103 cm³/mol. The summed E-state index contributed by atoms with van der Waals surface area (Å²) in [5.74, 6) is 0.0775. The lowest BCUT2D eigenvalue weighted by atomic mass is 9.98. The maximum Gasteiger partial charge on any atom is 0.414 e. The van der Waals surface area contributed by atoms with E-state index in [9.17, 15) is 9.59 Å². The van der Waals surface area contributed by atoms with Gasteiger partial charge in [0.2, 0.25) is 5.95 Å². The minimum atomic E-state index is -0.645. The molecule has 0 unspecified atom stereocenters. The summed E-state index contributed by atoms with van der Waals surface area (Å²) in [6.07, 6.45) is -0.0446. The number of hydrogen-bond acceptors (Lipinski definition) is 4. The van der Waals surface area contributed by atoms with Crippen molar-refractivity contribution in [3.8, 4) is 11.1 Å². The van der Waals surface area contributed by atoms with Crippen molar-refractivity contribution in [3.63, 3.8) is 0 Å². The fourth-order valence-corrected chi connectivity index (χ4v) is 3.48. The van der Waals surface area contributed by atoms with E-state index in [1.54, 1.807) is 0 Å². The quantitative estimate of drug-likeness (QED) is 0.742. The molecule has 0 fully saturated rings. The number of nitrogens with zero attached hydrogens (tertiary/aromatic N) is 1. The van der Waals surface area contributed by atoms with Gasteiger partial charge in [-0.05, 0) is 28.7 Å². The van der Waals surface area contributed by atoms with Crippen LogP contribution in [0.1, 0.15) is 29.7 Å². The summed E-state index contributed by atoms with van der Waals surface area (Å²) < 4.78 is 5.44. The summed E-state index contributed by atoms with van der Waals surface area (Å²) in [5.41, 5.74) is 4.92. The van der Waals surface area contributed by atoms with Crippen LogP contribution in [0.4, 0.5) is 10.7 Å². The lowest BCUT2D eigenvalue weighted by molar-refractivity contribution is 0.158. The van der Waals surface area contributed by atoms with Crippen molar-refractivity contribution in [1.82, 2.24) is 9.97 Å². The number of amides is 1. The van der Waals surface area contributed by atoms with Gasteiger partial charge in [0.25, 0.3) is 5.56 Å². The fraction of sp³-hybridized carbons (Fsp3) is 0.190. The Morgan fingerprint density at radius 2 is 1.74 bits per heavy atom. The van der Waals surface area contributed by atoms with Gasteiger partial charge in [-0.1, -0.05) is 55.5 Å². The normalized spacial score (nSPS) is 12.3. The Kier molecular flexibility index (Phi) is 4.46. The van der Waals surface area contributed by atoms with Crippen LogP contribution in [0.15, 0.2) is 59.4 Å². The monoisotopic (exact) mass is 361 g/mol. The van der Waals surface area contributed by atoms with Gasteiger partial charge in [-0.3, -0.25) is 15.1 Å². The standard InChI is InChI=1S/C21H19N3O3/c1-2-13-11-19(25)23-20(22-13)24-21(26)27-12-18-16-9-5-3-7-14(16)15-8-4-6-10-17(15)18/h3-11,18H,2,12H2,1H3,(H2,22,23,24,25,26). The highest BCUT2D eigenvalue weighted by atomic mass is 16.5. The number of carbonyl (C=O) groups excluding carboxylic acids is 1. The van der Waals surface area contributed by atoms with Crippen LogP contribution in [0.5, 0.6) is 0 Å². The molecule has 136 valence electrons. The Hall–Kier alpha value is -3.41. The van der Waals surface area contributed by atoms with Crippen LogP contribution >= 0.6 is 0 Å². The van der Waals surface area contributed by atoms with Gasteiger partial charge in [-0.2, -0.15) is 0 Å². The van der Waals surface area contributed by atoms with Crippen molar-refractivity contribution in [1.29, 1.82) is 0 Å². The molecule has 1 heterocycles. The largest absolute Gasteiger partial charge is 0.448 e. The van der Waals surface area contributed by atoms with E-state index in [1.807, 2.05) is 31.2 Å². The van der Waals surface area contributed by atoms with Crippen molar-refractivity contribution in [2.24, 2.45) is 0 Å². The van der Waals surface area contributed by atoms with E-state index < -0.39 is 6.09 Å². The van der Waals surface area contributed by atoms with Gasteiger partial charge in [-0.25, -0.2) is 9.78 Å². The van der Waals surface area contributed by atoms with Crippen molar-refractivity contribution < 1.29 is 9.53 Å². The molecule has 1 aliphatic rings. The molecule has 3 aromatic rings. The summed E-state index contributed by atoms with van der Waals surface area (Å²) in [5, 5.41) is 2.50. The van der Waals surface area contributed by atoms with Gasteiger partial charge in [0.1, 0.15) is 6.61 Å². The molecule has 6 nitrogen and oxygen atoms in total. The number of aromatic amines is 1. The smallest absolute Gasteiger partial charge is 0.414 e. The van der Waals surface area contributed by atoms with Crippen LogP contribution in [0.25, 0.3) is 11.1 Å². The number of carbonyl (C=O) groups is 1. The Morgan fingerprint density at radius 3 is 2.37 bits per heavy atom. The third-order valence-electron chi connectivity index (χ3n) is 4.72. The molecule has 0 atom stereocenters. The summed E-state index contributed by atoms with van der Waals surface area (Å²) >= 11 is 0. The molecule has 0 bridgehead atoms. The first kappa shape index (κ1) is 17.0. The molecule has 27 heavy (non-hydrogen) atoms. The van der Waals surface area contributed by atoms with Crippen molar-refractivity contribution >= 4 is 12.0 Å². The van der Waals surface area contributed by atoms with Crippen LogP contribution in [0, 0.1) is 0 Å². The van der Waals surface area contributed by atoms with Gasteiger partial charge in [0.15, 0.2) is 0 Å². The molecule has 4 rings (SSSR count). The second-order valence-electron chi connectivity index (χ2n) is 6.39. The van der Waals surface area contributed by atoms with Crippen LogP contribution in [0.3, 0.4) is 0 Å². The topological polar surface area (TPSA) is 84.1 Å². The van der Waals surface area contributed by atoms with Crippen LogP contribution in [0.2, 0.25) is 0 Å². The molecule has 2 N–H and O–H groups in total. The molecule has 1 aliphatic carbocycles. The molecule has 6 heteroatoms. The first-order valence-corrected chi connectivity index (χ1v) is 8.88. The van der Waals surface area contributed by atoms with E-state index in [-0.39, 0.29) is 24.0 Å². The van der Waals surface area contributed by atoms with Crippen molar-refractivity contribution in [2.45, 2.75) is 19.3 Å². The van der Waals surface area contributed by atoms with E-state index in [4.69, 9.17) is 4.74 Å². The highest BCUT2D eigenvalue weighted by molar-refractivity contribution is 5.83. The van der Waals surface area contributed by atoms with E-state index in [2.05, 4.69) is 39.6 Å². The van der Waals surface area contributed by atoms with Crippen LogP contribution < -0.4 is 10.9 Å². The number of fused-ring (bicyclic) bond motifs is 3. The summed E-state index contributed by atoms with van der Waals surface area (Å²) in [7, 11) is 0. The molecule has 0 saturated carbocycles. The fourth-order valence-electron chi connectivity index (χ4n) is 3.48. The predicted octanol–water partition coefficient (Wildman–Crippen LogP) is 3.69. The summed E-state index contributed by atoms with van der Waals surface area (Å²) in [6, 6.07) is 17.7. The third-order valence-corrected chi connectivity index (χ3v) is 4.72. The molecule has 2 aromatic carbocycles. The van der Waals surface area contributed by atoms with Crippen molar-refractivity contribution in [3.05, 3.63) is 81.8 Å². The van der Waals surface area contributed by atoms with Crippen molar-refractivity contribution in [2.75, 3.05) is 11.9 Å². The van der Waals surface area contributed by atoms with E-state index in [0.29, 0.717) is 12.1 Å². The van der Waals surface area contributed by atoms with Crippen LogP contribution in [-0.4, -0.2) is 22.7 Å². The van der Waals surface area contributed by atoms with Crippen LogP contribution in [-0.2, 0) is 11.2 Å². The lowest BCUT2D eigenvalue weighted by Crippen LogP contribution is -2.21. The van der Waals surface area contributed by atoms with E-state index in [1.165, 1.54) is 17.2 Å². The van der Waals surface area contributed by atoms with E-state index >= 15 is 0 Å². The Morgan fingerprint density at radius 1 is 1.11 bits per heavy atom. The zero-order valence-corrected chi connectivity index (χ0v) is 14.9. The van der Waals surface area contributed by atoms with Gasteiger partial charge >= 0.3 is 6.09 Å². The number of ether oxygens (including phenoxy) is 1. The maximum atomic E-state index is 12.2. The molecular weight excluding hydrogens is 342 g/mol. The number of rotatable bonds is 4. The molecule has 0 saturated heterocycles. The number of anilines is 1. The second-order valence-corrected chi connectivity index (χ2v) is 6.39. The first-order chi connectivity index (χ1) is 13.2. The third kappa shape index (κ3) is 3.33. The molecule has 0 radical (unpaired) electrons. The maximum absolute atomic E-state index is 12.2. The zero-order chi connectivity index (χ0) is 18.8. The zero-order valence-electron chi connectivity index (χ0n) is 14.9. The number of aryl methyl sites for hydroxylation is 1. The average molecular weight is 361 g/mol. The molecule has 0 spiro atoms. The van der Waals surface area contributed by atoms with Gasteiger partial charge in [0.05, 0.1) is 0 Å². The minimum Gasteiger partial charge on any atom is -0.448 e. The van der Waals surface area contributed by atoms with Gasteiger partial charge in [0, 0.05) is 17.7 Å². The number of nitrogens with one attached hydrogen (secondary N) is 2. The Balaban J connectivity index is 1.50. The molecule has 1 amide bonds. The number of aromatic nitrogens is 2. The SMILES string of the molecule is CCc1cc(=O)[nH]c(NC(=O)OCC2c3ccccc3-c3ccccc32)n1. The van der Waals surface area contributed by atoms with Gasteiger partial charge in [-0.15, -0.1) is 0 Å². The molecule has 0 aliphatic heterocycles. The first-order valence-electron chi connectivity index (χ1n) is 8.88. The van der Waals surface area contributed by atoms with E-state index in [0.717, 1.165) is 11.1 Å². The summed E-state index contributed by atoms with van der Waals surface area (Å²) in [4.78, 5) is 30.5. The second kappa shape index (κ2) is 7.07. The summed E-state index contributed by atoms with van der Waals surface area (Å²) in [6.45, 7) is 2.09. The number of benzene rings is 2. The Bertz CT molecular complexity index is 1010. The highest BCUT2D eigenvalue weighted by Gasteiger charge is 2.29. The molecule has 1 aromatic heterocycles. The molecular formula is C21H19N3O3. The number of hydrogen-bond donors (Lipinski definition) is 2. The average Bonchev–Trinajstić information content (AvgIpc) is 3.00. The van der Waals surface area contributed by atoms with Gasteiger partial charge < -0.3 is 4.74 Å². The lowest BCUT2D eigenvalue weighted by Gasteiger charge is -2.14. The number of H-pyrrole nitrogens is 1. The Labute approximate surface area is 156 Å².